The summed E-state index contributed by atoms with van der Waals surface area (Å²) >= 11 is 0. The van der Waals surface area contributed by atoms with Gasteiger partial charge in [-0.2, -0.15) is 9.83 Å². The molecule has 0 atom stereocenters. The molecule has 0 unspecified atom stereocenters. The molecule has 168 valence electrons. The highest BCUT2D eigenvalue weighted by Gasteiger charge is 2.26. The SMILES string of the molecule is O=C(Nc1cccc2nn3c(C4CCN(C(=O)O)CC4)cc(=O)[nH]c3c12)c1ccc[n+]([O-])c1. The van der Waals surface area contributed by atoms with E-state index < -0.39 is 12.0 Å². The molecule has 5 rings (SSSR count). The van der Waals surface area contributed by atoms with Gasteiger partial charge in [-0.25, -0.2) is 9.31 Å². The van der Waals surface area contributed by atoms with Crippen LogP contribution in [0.2, 0.25) is 0 Å². The van der Waals surface area contributed by atoms with E-state index >= 15 is 0 Å². The minimum absolute atomic E-state index is 0.0328. The Morgan fingerprint density at radius 3 is 2.73 bits per heavy atom. The molecular formula is C22H20N6O5. The van der Waals surface area contributed by atoms with Crippen LogP contribution in [0.5, 0.6) is 0 Å². The Morgan fingerprint density at radius 2 is 2.00 bits per heavy atom. The van der Waals surface area contributed by atoms with Crippen LogP contribution in [0, 0.1) is 5.21 Å². The average molecular weight is 448 g/mol. The van der Waals surface area contributed by atoms with Crippen molar-refractivity contribution < 1.29 is 19.4 Å². The van der Waals surface area contributed by atoms with Crippen molar-refractivity contribution in [3.8, 4) is 0 Å². The van der Waals surface area contributed by atoms with Crippen LogP contribution in [0.4, 0.5) is 10.5 Å². The summed E-state index contributed by atoms with van der Waals surface area (Å²) in [6.45, 7) is 0.764. The first-order valence-electron chi connectivity index (χ1n) is 10.4. The van der Waals surface area contributed by atoms with Crippen molar-refractivity contribution in [3.05, 3.63) is 75.6 Å². The highest BCUT2D eigenvalue weighted by atomic mass is 16.5. The molecule has 3 aromatic heterocycles. The summed E-state index contributed by atoms with van der Waals surface area (Å²) in [7, 11) is 0. The lowest BCUT2D eigenvalue weighted by molar-refractivity contribution is -0.605. The fraction of sp³-hybridized carbons (Fsp3) is 0.227. The molecule has 0 radical (unpaired) electrons. The molecule has 1 aliphatic heterocycles. The van der Waals surface area contributed by atoms with Crippen LogP contribution in [0.15, 0.2) is 53.6 Å². The van der Waals surface area contributed by atoms with Crippen LogP contribution >= 0.6 is 0 Å². The first-order valence-corrected chi connectivity index (χ1v) is 10.4. The van der Waals surface area contributed by atoms with Crippen molar-refractivity contribution in [2.24, 2.45) is 0 Å². The highest BCUT2D eigenvalue weighted by Crippen LogP contribution is 2.31. The third kappa shape index (κ3) is 3.73. The largest absolute Gasteiger partial charge is 0.619 e. The van der Waals surface area contributed by atoms with E-state index in [0.717, 1.165) is 0 Å². The molecule has 3 N–H and O–H groups in total. The topological polar surface area (TPSA) is 147 Å². The zero-order chi connectivity index (χ0) is 23.1. The van der Waals surface area contributed by atoms with Gasteiger partial charge in [0.1, 0.15) is 11.2 Å². The van der Waals surface area contributed by atoms with Gasteiger partial charge < -0.3 is 25.5 Å². The molecule has 33 heavy (non-hydrogen) atoms. The van der Waals surface area contributed by atoms with E-state index in [1.807, 2.05) is 0 Å². The maximum absolute atomic E-state index is 12.7. The summed E-state index contributed by atoms with van der Waals surface area (Å²) in [6, 6.07) is 9.73. The Bertz CT molecular complexity index is 1450. The number of carbonyl (C=O) groups is 2. The number of aromatic nitrogens is 4. The molecule has 11 heteroatoms. The number of aromatic amines is 1. The molecular weight excluding hydrogens is 428 g/mol. The van der Waals surface area contributed by atoms with Crippen molar-refractivity contribution in [1.82, 2.24) is 19.5 Å². The number of benzene rings is 1. The molecule has 0 spiro atoms. The number of carbonyl (C=O) groups excluding carboxylic acids is 1. The van der Waals surface area contributed by atoms with Crippen molar-refractivity contribution in [2.45, 2.75) is 18.8 Å². The first-order chi connectivity index (χ1) is 15.9. The smallest absolute Gasteiger partial charge is 0.407 e. The summed E-state index contributed by atoms with van der Waals surface area (Å²) in [6.07, 6.45) is 2.67. The second-order valence-corrected chi connectivity index (χ2v) is 7.97. The molecule has 0 aliphatic carbocycles. The highest BCUT2D eigenvalue weighted by molar-refractivity contribution is 6.11. The molecule has 1 saturated heterocycles. The number of carboxylic acid groups (broad SMARTS) is 1. The van der Waals surface area contributed by atoms with Crippen LogP contribution in [-0.4, -0.2) is 49.7 Å². The molecule has 2 amide bonds. The predicted molar refractivity (Wildman–Crippen MR) is 118 cm³/mol. The lowest BCUT2D eigenvalue weighted by Crippen LogP contribution is -2.37. The number of anilines is 1. The van der Waals surface area contributed by atoms with Gasteiger partial charge in [0.25, 0.3) is 11.5 Å². The van der Waals surface area contributed by atoms with Crippen molar-refractivity contribution in [3.63, 3.8) is 0 Å². The van der Waals surface area contributed by atoms with E-state index in [9.17, 15) is 24.7 Å². The van der Waals surface area contributed by atoms with Gasteiger partial charge in [0.2, 0.25) is 0 Å². The molecule has 1 aliphatic rings. The summed E-state index contributed by atoms with van der Waals surface area (Å²) in [5.41, 5.74) is 2.05. The number of hydrogen-bond acceptors (Lipinski definition) is 5. The van der Waals surface area contributed by atoms with Gasteiger partial charge in [0.05, 0.1) is 22.3 Å². The standard InChI is InChI=1S/C22H20N6O5/c29-18-11-17(13-6-9-26(10-7-13)22(31)32)28-20(24-18)19-15(4-1-5-16(19)25-28)23-21(30)14-3-2-8-27(33)12-14/h1-5,8,11-13H,6-7,9-10H2,(H,23,30)(H,24,29)(H,31,32). The molecule has 1 aromatic carbocycles. The minimum Gasteiger partial charge on any atom is -0.619 e. The quantitative estimate of drug-likeness (QED) is 0.322. The van der Waals surface area contributed by atoms with Gasteiger partial charge in [-0.3, -0.25) is 9.59 Å². The number of piperidine rings is 1. The van der Waals surface area contributed by atoms with Crippen LogP contribution in [0.3, 0.4) is 0 Å². The van der Waals surface area contributed by atoms with E-state index in [1.54, 1.807) is 22.7 Å². The number of likely N-dealkylation sites (tertiary alicyclic amines) is 1. The first kappa shape index (κ1) is 20.5. The number of pyridine rings is 1. The lowest BCUT2D eigenvalue weighted by Gasteiger charge is -2.30. The van der Waals surface area contributed by atoms with Gasteiger partial charge in [0.15, 0.2) is 12.4 Å². The van der Waals surface area contributed by atoms with Gasteiger partial charge in [-0.15, -0.1) is 0 Å². The van der Waals surface area contributed by atoms with E-state index in [2.05, 4.69) is 15.4 Å². The summed E-state index contributed by atoms with van der Waals surface area (Å²) in [5, 5.41) is 28.8. The van der Waals surface area contributed by atoms with Crippen LogP contribution < -0.4 is 15.6 Å². The molecule has 1 fully saturated rings. The summed E-state index contributed by atoms with van der Waals surface area (Å²) in [4.78, 5) is 40.7. The number of nitrogens with zero attached hydrogens (tertiary/aromatic N) is 4. The molecule has 0 bridgehead atoms. The molecule has 4 heterocycles. The fourth-order valence-corrected chi connectivity index (χ4v) is 4.33. The van der Waals surface area contributed by atoms with Gasteiger partial charge in [-0.1, -0.05) is 6.07 Å². The lowest BCUT2D eigenvalue weighted by atomic mass is 9.93. The normalized spacial score (nSPS) is 14.6. The summed E-state index contributed by atoms with van der Waals surface area (Å²) < 4.78 is 2.21. The number of rotatable bonds is 3. The van der Waals surface area contributed by atoms with Gasteiger partial charge in [0, 0.05) is 31.1 Å². The van der Waals surface area contributed by atoms with Crippen LogP contribution in [0.1, 0.15) is 34.8 Å². The Morgan fingerprint density at radius 1 is 1.21 bits per heavy atom. The predicted octanol–water partition coefficient (Wildman–Crippen LogP) is 1.92. The monoisotopic (exact) mass is 448 g/mol. The maximum atomic E-state index is 12.7. The van der Waals surface area contributed by atoms with Crippen molar-refractivity contribution in [1.29, 1.82) is 0 Å². The molecule has 0 saturated carbocycles. The Labute approximate surface area is 186 Å². The summed E-state index contributed by atoms with van der Waals surface area (Å²) in [5.74, 6) is -0.499. The number of amides is 2. The van der Waals surface area contributed by atoms with E-state index in [1.165, 1.54) is 35.5 Å². The number of hydrogen-bond donors (Lipinski definition) is 3. The van der Waals surface area contributed by atoms with Crippen molar-refractivity contribution >= 4 is 34.2 Å². The Hall–Kier alpha value is -4.41. The zero-order valence-corrected chi connectivity index (χ0v) is 17.4. The van der Waals surface area contributed by atoms with Crippen LogP contribution in [0.25, 0.3) is 16.6 Å². The van der Waals surface area contributed by atoms with Gasteiger partial charge >= 0.3 is 6.09 Å². The minimum atomic E-state index is -0.948. The second kappa shape index (κ2) is 7.93. The molecule has 4 aromatic rings. The van der Waals surface area contributed by atoms with Gasteiger partial charge in [-0.05, 0) is 31.0 Å². The van der Waals surface area contributed by atoms with E-state index in [4.69, 9.17) is 0 Å². The number of nitrogens with one attached hydrogen (secondary N) is 2. The van der Waals surface area contributed by atoms with E-state index in [-0.39, 0.29) is 17.0 Å². The second-order valence-electron chi connectivity index (χ2n) is 7.97. The third-order valence-electron chi connectivity index (χ3n) is 5.93. The number of H-pyrrole nitrogens is 1. The van der Waals surface area contributed by atoms with E-state index in [0.29, 0.717) is 58.6 Å². The number of fused-ring (bicyclic) bond motifs is 3. The third-order valence-corrected chi connectivity index (χ3v) is 5.93. The van der Waals surface area contributed by atoms with Crippen molar-refractivity contribution in [2.75, 3.05) is 18.4 Å². The Balaban J connectivity index is 1.56. The fourth-order valence-electron chi connectivity index (χ4n) is 4.33. The maximum Gasteiger partial charge on any atom is 0.407 e. The Kier molecular flexibility index (Phi) is 4.93. The molecule has 11 nitrogen and oxygen atoms in total. The van der Waals surface area contributed by atoms with Crippen LogP contribution in [-0.2, 0) is 0 Å². The average Bonchev–Trinajstić information content (AvgIpc) is 3.18. The zero-order valence-electron chi connectivity index (χ0n) is 17.4.